The number of benzene rings is 1. The molecule has 2 aromatic rings. The molecule has 0 bridgehead atoms. The van der Waals surface area contributed by atoms with Crippen LogP contribution in [0.1, 0.15) is 16.9 Å². The van der Waals surface area contributed by atoms with Crippen LogP contribution in [-0.4, -0.2) is 11.2 Å². The molecule has 0 amide bonds. The minimum Gasteiger partial charge on any atom is -0.393 e. The van der Waals surface area contributed by atoms with Crippen molar-refractivity contribution in [3.63, 3.8) is 0 Å². The molecule has 0 saturated carbocycles. The highest BCUT2D eigenvalue weighted by atomic mass is 35.5. The molecule has 1 N–H and O–H groups in total. The third-order valence-electron chi connectivity index (χ3n) is 2.81. The van der Waals surface area contributed by atoms with Gasteiger partial charge in [0.25, 0.3) is 0 Å². The molecular formula is C14H14ClFOS. The highest BCUT2D eigenvalue weighted by Gasteiger charge is 2.12. The molecule has 0 aliphatic heterocycles. The fourth-order valence-corrected chi connectivity index (χ4v) is 2.79. The second-order valence-corrected chi connectivity index (χ2v) is 5.62. The first-order chi connectivity index (χ1) is 8.66. The molecule has 0 spiro atoms. The zero-order chi connectivity index (χ0) is 13.0. The van der Waals surface area contributed by atoms with Gasteiger partial charge in [0.05, 0.1) is 6.10 Å². The maximum absolute atomic E-state index is 13.5. The van der Waals surface area contributed by atoms with E-state index in [4.69, 9.17) is 11.6 Å². The Bertz CT molecular complexity index is 478. The minimum atomic E-state index is -0.568. The number of aryl methyl sites for hydroxylation is 1. The summed E-state index contributed by atoms with van der Waals surface area (Å²) in [6, 6.07) is 8.60. The number of hydrogen-bond donors (Lipinski definition) is 1. The molecular weight excluding hydrogens is 271 g/mol. The third kappa shape index (κ3) is 3.55. The molecule has 0 aliphatic carbocycles. The van der Waals surface area contributed by atoms with Crippen molar-refractivity contribution in [3.05, 3.63) is 57.0 Å². The number of hydrogen-bond acceptors (Lipinski definition) is 2. The van der Waals surface area contributed by atoms with E-state index in [2.05, 4.69) is 0 Å². The lowest BCUT2D eigenvalue weighted by atomic mass is 10.0. The summed E-state index contributed by atoms with van der Waals surface area (Å²) in [5.74, 6) is -0.349. The van der Waals surface area contributed by atoms with Gasteiger partial charge in [-0.25, -0.2) is 4.39 Å². The average molecular weight is 285 g/mol. The molecule has 0 aliphatic rings. The van der Waals surface area contributed by atoms with E-state index in [1.165, 1.54) is 10.9 Å². The number of aliphatic hydroxyl groups excluding tert-OH is 1. The van der Waals surface area contributed by atoms with Crippen LogP contribution in [0, 0.1) is 5.82 Å². The summed E-state index contributed by atoms with van der Waals surface area (Å²) in [5, 5.41) is 12.3. The van der Waals surface area contributed by atoms with Gasteiger partial charge >= 0.3 is 0 Å². The van der Waals surface area contributed by atoms with E-state index in [-0.39, 0.29) is 12.2 Å². The predicted molar refractivity (Wildman–Crippen MR) is 73.8 cm³/mol. The molecule has 0 radical (unpaired) electrons. The van der Waals surface area contributed by atoms with Gasteiger partial charge in [0, 0.05) is 21.9 Å². The van der Waals surface area contributed by atoms with Crippen molar-refractivity contribution in [2.45, 2.75) is 25.4 Å². The minimum absolute atomic E-state index is 0.261. The Kier molecular flexibility index (Phi) is 4.75. The summed E-state index contributed by atoms with van der Waals surface area (Å²) in [6.07, 6.45) is 1.12. The van der Waals surface area contributed by atoms with Crippen LogP contribution in [0.5, 0.6) is 0 Å². The van der Waals surface area contributed by atoms with Gasteiger partial charge in [0.15, 0.2) is 0 Å². The van der Waals surface area contributed by atoms with Gasteiger partial charge in [-0.05, 0) is 36.4 Å². The Balaban J connectivity index is 1.92. The maximum Gasteiger partial charge on any atom is 0.127 e. The zero-order valence-electron chi connectivity index (χ0n) is 9.77. The van der Waals surface area contributed by atoms with Crippen LogP contribution in [0.4, 0.5) is 4.39 Å². The molecule has 0 fully saturated rings. The van der Waals surface area contributed by atoms with Crippen LogP contribution >= 0.6 is 22.9 Å². The molecule has 0 saturated heterocycles. The van der Waals surface area contributed by atoms with Gasteiger partial charge in [-0.15, -0.1) is 11.3 Å². The van der Waals surface area contributed by atoms with Gasteiger partial charge in [-0.1, -0.05) is 23.7 Å². The summed E-state index contributed by atoms with van der Waals surface area (Å²) < 4.78 is 13.5. The molecule has 2 rings (SSSR count). The summed E-state index contributed by atoms with van der Waals surface area (Å²) in [6.45, 7) is 0. The lowest BCUT2D eigenvalue weighted by Gasteiger charge is -2.12. The molecule has 1 heterocycles. The number of rotatable bonds is 5. The quantitative estimate of drug-likeness (QED) is 0.877. The Morgan fingerprint density at radius 1 is 1.28 bits per heavy atom. The lowest BCUT2D eigenvalue weighted by Crippen LogP contribution is -2.12. The number of thiophene rings is 1. The van der Waals surface area contributed by atoms with Crippen molar-refractivity contribution < 1.29 is 9.50 Å². The predicted octanol–water partition coefficient (Wildman–Crippen LogP) is 4.08. The van der Waals surface area contributed by atoms with Crippen LogP contribution < -0.4 is 0 Å². The normalized spacial score (nSPS) is 12.6. The molecule has 1 unspecified atom stereocenters. The van der Waals surface area contributed by atoms with Gasteiger partial charge in [0.1, 0.15) is 5.82 Å². The first kappa shape index (κ1) is 13.5. The topological polar surface area (TPSA) is 20.2 Å². The van der Waals surface area contributed by atoms with E-state index < -0.39 is 6.10 Å². The van der Waals surface area contributed by atoms with Gasteiger partial charge < -0.3 is 5.11 Å². The molecule has 1 atom stereocenters. The highest BCUT2D eigenvalue weighted by Crippen LogP contribution is 2.22. The van der Waals surface area contributed by atoms with Crippen molar-refractivity contribution in [1.82, 2.24) is 0 Å². The second kappa shape index (κ2) is 6.32. The number of halogens is 2. The van der Waals surface area contributed by atoms with Crippen molar-refractivity contribution in [2.24, 2.45) is 0 Å². The van der Waals surface area contributed by atoms with Crippen LogP contribution in [-0.2, 0) is 12.8 Å². The van der Waals surface area contributed by atoms with Crippen molar-refractivity contribution in [2.75, 3.05) is 0 Å². The lowest BCUT2D eigenvalue weighted by molar-refractivity contribution is 0.164. The summed E-state index contributed by atoms with van der Waals surface area (Å²) >= 11 is 7.59. The first-order valence-electron chi connectivity index (χ1n) is 5.80. The standard InChI is InChI=1S/C14H14ClFOS/c15-13-4-1-5-14(16)12(13)9-10(17)6-7-11-3-2-8-18-11/h1-5,8,10,17H,6-7,9H2. The third-order valence-corrected chi connectivity index (χ3v) is 4.10. The van der Waals surface area contributed by atoms with E-state index in [0.717, 1.165) is 6.42 Å². The Labute approximate surface area is 115 Å². The molecule has 96 valence electrons. The fraction of sp³-hybridized carbons (Fsp3) is 0.286. The van der Waals surface area contributed by atoms with Gasteiger partial charge in [0.2, 0.25) is 0 Å². The van der Waals surface area contributed by atoms with Crippen molar-refractivity contribution >= 4 is 22.9 Å². The molecule has 1 nitrogen and oxygen atoms in total. The maximum atomic E-state index is 13.5. The van der Waals surface area contributed by atoms with Crippen LogP contribution in [0.2, 0.25) is 5.02 Å². The van der Waals surface area contributed by atoms with Crippen molar-refractivity contribution in [3.8, 4) is 0 Å². The average Bonchev–Trinajstić information content (AvgIpc) is 2.84. The van der Waals surface area contributed by atoms with Crippen molar-refractivity contribution in [1.29, 1.82) is 0 Å². The Morgan fingerprint density at radius 2 is 2.11 bits per heavy atom. The molecule has 1 aromatic heterocycles. The SMILES string of the molecule is OC(CCc1cccs1)Cc1c(F)cccc1Cl. The van der Waals surface area contributed by atoms with Crippen LogP contribution in [0.15, 0.2) is 35.7 Å². The first-order valence-corrected chi connectivity index (χ1v) is 7.06. The zero-order valence-corrected chi connectivity index (χ0v) is 11.3. The Hall–Kier alpha value is -0.900. The summed E-state index contributed by atoms with van der Waals surface area (Å²) in [7, 11) is 0. The highest BCUT2D eigenvalue weighted by molar-refractivity contribution is 7.09. The van der Waals surface area contributed by atoms with E-state index in [0.29, 0.717) is 17.0 Å². The van der Waals surface area contributed by atoms with E-state index in [1.807, 2.05) is 17.5 Å². The van der Waals surface area contributed by atoms with Crippen LogP contribution in [0.25, 0.3) is 0 Å². The second-order valence-electron chi connectivity index (χ2n) is 4.18. The largest absolute Gasteiger partial charge is 0.393 e. The number of aliphatic hydroxyl groups is 1. The van der Waals surface area contributed by atoms with Gasteiger partial charge in [-0.3, -0.25) is 0 Å². The fourth-order valence-electron chi connectivity index (χ4n) is 1.83. The van der Waals surface area contributed by atoms with E-state index in [1.54, 1.807) is 23.5 Å². The Morgan fingerprint density at radius 3 is 2.78 bits per heavy atom. The smallest absolute Gasteiger partial charge is 0.127 e. The molecule has 4 heteroatoms. The molecule has 1 aromatic carbocycles. The van der Waals surface area contributed by atoms with Gasteiger partial charge in [-0.2, -0.15) is 0 Å². The van der Waals surface area contributed by atoms with E-state index >= 15 is 0 Å². The molecule has 18 heavy (non-hydrogen) atoms. The van der Waals surface area contributed by atoms with Crippen LogP contribution in [0.3, 0.4) is 0 Å². The van der Waals surface area contributed by atoms with E-state index in [9.17, 15) is 9.50 Å². The summed E-state index contributed by atoms with van der Waals surface area (Å²) in [4.78, 5) is 1.23. The summed E-state index contributed by atoms with van der Waals surface area (Å²) in [5.41, 5.74) is 0.401. The monoisotopic (exact) mass is 284 g/mol.